The Hall–Kier alpha value is -1.52. The van der Waals surface area contributed by atoms with Gasteiger partial charge in [-0.3, -0.25) is 0 Å². The summed E-state index contributed by atoms with van der Waals surface area (Å²) in [5.74, 6) is -0.520. The van der Waals surface area contributed by atoms with E-state index in [1.165, 1.54) is 0 Å². The Morgan fingerprint density at radius 3 is 2.79 bits per heavy atom. The first-order valence-electron chi connectivity index (χ1n) is 7.05. The van der Waals surface area contributed by atoms with Gasteiger partial charge in [0.15, 0.2) is 0 Å². The van der Waals surface area contributed by atoms with Crippen LogP contribution in [0.15, 0.2) is 12.7 Å². The molecule has 0 radical (unpaired) electrons. The SMILES string of the molecule is C=CCCNC(=O)N1C(C(=O)O)CC2CCCCC21. The summed E-state index contributed by atoms with van der Waals surface area (Å²) in [6, 6.07) is -0.779. The monoisotopic (exact) mass is 266 g/mol. The Morgan fingerprint density at radius 2 is 2.11 bits per heavy atom. The molecular formula is C14H22N2O3. The minimum atomic E-state index is -0.881. The molecule has 2 amide bonds. The largest absolute Gasteiger partial charge is 0.480 e. The smallest absolute Gasteiger partial charge is 0.326 e. The molecule has 19 heavy (non-hydrogen) atoms. The molecule has 0 aromatic rings. The molecule has 2 N–H and O–H groups in total. The fraction of sp³-hybridized carbons (Fsp3) is 0.714. The van der Waals surface area contributed by atoms with Crippen LogP contribution in [0.2, 0.25) is 0 Å². The van der Waals surface area contributed by atoms with Crippen LogP contribution in [0.4, 0.5) is 4.79 Å². The lowest BCUT2D eigenvalue weighted by molar-refractivity contribution is -0.141. The van der Waals surface area contributed by atoms with Gasteiger partial charge in [-0.25, -0.2) is 9.59 Å². The number of carbonyl (C=O) groups excluding carboxylic acids is 1. The number of nitrogens with one attached hydrogen (secondary N) is 1. The maximum absolute atomic E-state index is 12.2. The summed E-state index contributed by atoms with van der Waals surface area (Å²) in [5.41, 5.74) is 0. The van der Waals surface area contributed by atoms with Gasteiger partial charge in [-0.1, -0.05) is 18.9 Å². The van der Waals surface area contributed by atoms with E-state index in [2.05, 4.69) is 11.9 Å². The van der Waals surface area contributed by atoms with Gasteiger partial charge in [0.2, 0.25) is 0 Å². The average Bonchev–Trinajstić information content (AvgIpc) is 2.78. The maximum Gasteiger partial charge on any atom is 0.326 e. The van der Waals surface area contributed by atoms with E-state index < -0.39 is 12.0 Å². The summed E-state index contributed by atoms with van der Waals surface area (Å²) < 4.78 is 0. The third-order valence-electron chi connectivity index (χ3n) is 4.23. The Bertz CT molecular complexity index is 370. The highest BCUT2D eigenvalue weighted by Gasteiger charge is 2.47. The van der Waals surface area contributed by atoms with E-state index in [1.807, 2.05) is 0 Å². The lowest BCUT2D eigenvalue weighted by Gasteiger charge is -2.32. The van der Waals surface area contributed by atoms with Gasteiger partial charge in [-0.15, -0.1) is 6.58 Å². The van der Waals surface area contributed by atoms with Gasteiger partial charge in [0.05, 0.1) is 0 Å². The van der Waals surface area contributed by atoms with Crippen LogP contribution in [0.25, 0.3) is 0 Å². The van der Waals surface area contributed by atoms with E-state index in [1.54, 1.807) is 11.0 Å². The Labute approximate surface area is 113 Å². The molecule has 2 fully saturated rings. The molecule has 5 heteroatoms. The number of aliphatic carboxylic acids is 1. The number of likely N-dealkylation sites (tertiary alicyclic amines) is 1. The molecule has 1 aliphatic carbocycles. The molecule has 0 bridgehead atoms. The number of fused-ring (bicyclic) bond motifs is 1. The third-order valence-corrected chi connectivity index (χ3v) is 4.23. The van der Waals surface area contributed by atoms with Gasteiger partial charge in [-0.05, 0) is 31.6 Å². The fourth-order valence-electron chi connectivity index (χ4n) is 3.35. The summed E-state index contributed by atoms with van der Waals surface area (Å²) in [7, 11) is 0. The molecule has 1 saturated heterocycles. The first kappa shape index (κ1) is 13.9. The second kappa shape index (κ2) is 6.08. The minimum absolute atomic E-state index is 0.110. The number of carbonyl (C=O) groups is 2. The van der Waals surface area contributed by atoms with Crippen LogP contribution in [0.1, 0.15) is 38.5 Å². The first-order chi connectivity index (χ1) is 9.15. The molecular weight excluding hydrogens is 244 g/mol. The Morgan fingerprint density at radius 1 is 1.37 bits per heavy atom. The molecule has 3 atom stereocenters. The van der Waals surface area contributed by atoms with Crippen LogP contribution in [-0.4, -0.2) is 40.6 Å². The maximum atomic E-state index is 12.2. The summed E-state index contributed by atoms with van der Waals surface area (Å²) in [4.78, 5) is 25.1. The highest BCUT2D eigenvalue weighted by atomic mass is 16.4. The first-order valence-corrected chi connectivity index (χ1v) is 7.05. The van der Waals surface area contributed by atoms with Crippen molar-refractivity contribution < 1.29 is 14.7 Å². The minimum Gasteiger partial charge on any atom is -0.480 e. The van der Waals surface area contributed by atoms with Crippen molar-refractivity contribution in [3.63, 3.8) is 0 Å². The van der Waals surface area contributed by atoms with Crippen LogP contribution >= 0.6 is 0 Å². The molecule has 5 nitrogen and oxygen atoms in total. The zero-order valence-corrected chi connectivity index (χ0v) is 11.2. The third kappa shape index (κ3) is 2.91. The number of nitrogens with zero attached hydrogens (tertiary/aromatic N) is 1. The van der Waals surface area contributed by atoms with Crippen molar-refractivity contribution in [1.29, 1.82) is 0 Å². The van der Waals surface area contributed by atoms with Crippen LogP contribution in [-0.2, 0) is 4.79 Å². The average molecular weight is 266 g/mol. The molecule has 2 rings (SSSR count). The predicted molar refractivity (Wildman–Crippen MR) is 71.8 cm³/mol. The van der Waals surface area contributed by atoms with E-state index in [0.29, 0.717) is 25.3 Å². The van der Waals surface area contributed by atoms with Crippen LogP contribution in [0, 0.1) is 5.92 Å². The molecule has 2 aliphatic rings. The summed E-state index contributed by atoms with van der Waals surface area (Å²) in [6.07, 6.45) is 7.26. The van der Waals surface area contributed by atoms with E-state index in [9.17, 15) is 14.7 Å². The number of rotatable bonds is 4. The van der Waals surface area contributed by atoms with Crippen molar-refractivity contribution in [2.75, 3.05) is 6.54 Å². The quantitative estimate of drug-likeness (QED) is 0.604. The van der Waals surface area contributed by atoms with Crippen molar-refractivity contribution in [1.82, 2.24) is 10.2 Å². The van der Waals surface area contributed by atoms with Crippen molar-refractivity contribution in [3.8, 4) is 0 Å². The van der Waals surface area contributed by atoms with Crippen LogP contribution < -0.4 is 5.32 Å². The summed E-state index contributed by atoms with van der Waals surface area (Å²) in [5, 5.41) is 12.1. The van der Waals surface area contributed by atoms with E-state index in [4.69, 9.17) is 0 Å². The molecule has 106 valence electrons. The standard InChI is InChI=1S/C14H22N2O3/c1-2-3-8-15-14(19)16-11-7-5-4-6-10(11)9-12(16)13(17)18/h2,10-12H,1,3-9H2,(H,15,19)(H,17,18). The lowest BCUT2D eigenvalue weighted by Crippen LogP contribution is -2.50. The molecule has 0 aromatic heterocycles. The van der Waals surface area contributed by atoms with E-state index in [-0.39, 0.29) is 12.1 Å². The fourth-order valence-corrected chi connectivity index (χ4v) is 3.35. The van der Waals surface area contributed by atoms with Crippen molar-refractivity contribution in [2.45, 2.75) is 50.6 Å². The molecule has 0 spiro atoms. The highest BCUT2D eigenvalue weighted by Crippen LogP contribution is 2.39. The normalized spacial score (nSPS) is 29.7. The number of carboxylic acids is 1. The van der Waals surface area contributed by atoms with Gasteiger partial charge in [0, 0.05) is 12.6 Å². The number of hydrogen-bond acceptors (Lipinski definition) is 2. The number of amides is 2. The van der Waals surface area contributed by atoms with Crippen molar-refractivity contribution in [2.24, 2.45) is 5.92 Å². The van der Waals surface area contributed by atoms with E-state index >= 15 is 0 Å². The lowest BCUT2D eigenvalue weighted by atomic mass is 9.85. The van der Waals surface area contributed by atoms with Crippen LogP contribution in [0.5, 0.6) is 0 Å². The Kier molecular flexibility index (Phi) is 4.45. The zero-order valence-electron chi connectivity index (χ0n) is 11.2. The second-order valence-electron chi connectivity index (χ2n) is 5.42. The van der Waals surface area contributed by atoms with Crippen LogP contribution in [0.3, 0.4) is 0 Å². The molecule has 1 saturated carbocycles. The summed E-state index contributed by atoms with van der Waals surface area (Å²) >= 11 is 0. The Balaban J connectivity index is 2.06. The van der Waals surface area contributed by atoms with Gasteiger partial charge < -0.3 is 15.3 Å². The zero-order chi connectivity index (χ0) is 13.8. The molecule has 0 aromatic carbocycles. The molecule has 3 unspecified atom stereocenters. The highest BCUT2D eigenvalue weighted by molar-refractivity contribution is 5.83. The molecule has 1 aliphatic heterocycles. The van der Waals surface area contributed by atoms with Gasteiger partial charge in [-0.2, -0.15) is 0 Å². The second-order valence-corrected chi connectivity index (χ2v) is 5.42. The predicted octanol–water partition coefficient (Wildman–Crippen LogP) is 1.99. The number of carboxylic acid groups (broad SMARTS) is 1. The number of hydrogen-bond donors (Lipinski definition) is 2. The molecule has 1 heterocycles. The van der Waals surface area contributed by atoms with Gasteiger partial charge in [0.1, 0.15) is 6.04 Å². The topological polar surface area (TPSA) is 69.6 Å². The summed E-state index contributed by atoms with van der Waals surface area (Å²) in [6.45, 7) is 4.12. The number of urea groups is 1. The van der Waals surface area contributed by atoms with E-state index in [0.717, 1.165) is 25.7 Å². The van der Waals surface area contributed by atoms with Gasteiger partial charge in [0.25, 0.3) is 0 Å². The van der Waals surface area contributed by atoms with Crippen molar-refractivity contribution in [3.05, 3.63) is 12.7 Å². The van der Waals surface area contributed by atoms with Crippen molar-refractivity contribution >= 4 is 12.0 Å². The van der Waals surface area contributed by atoms with Gasteiger partial charge >= 0.3 is 12.0 Å².